The maximum absolute atomic E-state index is 12.8. The molecule has 2 nitrogen and oxygen atoms in total. The van der Waals surface area contributed by atoms with Gasteiger partial charge in [-0.3, -0.25) is 4.79 Å². The molecule has 1 unspecified atom stereocenters. The number of ketones is 1. The second-order valence-electron chi connectivity index (χ2n) is 5.35. The van der Waals surface area contributed by atoms with E-state index in [0.717, 1.165) is 28.6 Å². The SMILES string of the molecule is CCc1ccc(Br)c(Oc2ccccc2)c1C(=O)C(C)CC. The number of carbonyl (C=O) groups excluding carboxylic acids is 1. The van der Waals surface area contributed by atoms with E-state index in [9.17, 15) is 4.79 Å². The van der Waals surface area contributed by atoms with Gasteiger partial charge in [0.15, 0.2) is 11.5 Å². The van der Waals surface area contributed by atoms with Crippen LogP contribution < -0.4 is 4.74 Å². The third-order valence-electron chi connectivity index (χ3n) is 3.85. The molecule has 0 fully saturated rings. The number of hydrogen-bond donors (Lipinski definition) is 0. The highest BCUT2D eigenvalue weighted by Crippen LogP contribution is 2.37. The maximum Gasteiger partial charge on any atom is 0.169 e. The molecule has 2 rings (SSSR count). The van der Waals surface area contributed by atoms with Crippen molar-refractivity contribution in [2.75, 3.05) is 0 Å². The number of para-hydroxylation sites is 1. The number of rotatable bonds is 6. The standard InChI is InChI=1S/C19H21BrO2/c1-4-13(3)18(21)17-14(5-2)11-12-16(20)19(17)22-15-9-7-6-8-10-15/h6-13H,4-5H2,1-3H3. The van der Waals surface area contributed by atoms with Crippen LogP contribution in [0.15, 0.2) is 46.9 Å². The van der Waals surface area contributed by atoms with Crippen molar-refractivity contribution in [1.29, 1.82) is 0 Å². The lowest BCUT2D eigenvalue weighted by Gasteiger charge is -2.18. The van der Waals surface area contributed by atoms with Gasteiger partial charge < -0.3 is 4.74 Å². The van der Waals surface area contributed by atoms with Crippen molar-refractivity contribution in [2.24, 2.45) is 5.92 Å². The third-order valence-corrected chi connectivity index (χ3v) is 4.47. The van der Waals surface area contributed by atoms with Gasteiger partial charge >= 0.3 is 0 Å². The topological polar surface area (TPSA) is 26.3 Å². The second-order valence-corrected chi connectivity index (χ2v) is 6.21. The molecule has 1 atom stereocenters. The third kappa shape index (κ3) is 3.58. The summed E-state index contributed by atoms with van der Waals surface area (Å²) in [6, 6.07) is 13.5. The zero-order chi connectivity index (χ0) is 16.1. The Morgan fingerprint density at radius 2 is 1.82 bits per heavy atom. The predicted octanol–water partition coefficient (Wildman–Crippen LogP) is 6.03. The Kier molecular flexibility index (Phi) is 5.78. The Morgan fingerprint density at radius 3 is 2.41 bits per heavy atom. The lowest BCUT2D eigenvalue weighted by molar-refractivity contribution is 0.0924. The molecule has 0 saturated heterocycles. The molecule has 0 heterocycles. The fourth-order valence-electron chi connectivity index (χ4n) is 2.30. The summed E-state index contributed by atoms with van der Waals surface area (Å²) in [5.41, 5.74) is 1.73. The number of halogens is 1. The number of Topliss-reactive ketones (excluding diaryl/α,β-unsaturated/α-hetero) is 1. The van der Waals surface area contributed by atoms with Crippen LogP contribution in [0.3, 0.4) is 0 Å². The zero-order valence-corrected chi connectivity index (χ0v) is 14.8. The molecule has 0 saturated carbocycles. The summed E-state index contributed by atoms with van der Waals surface area (Å²) in [6.07, 6.45) is 1.62. The molecule has 0 aromatic heterocycles. The highest BCUT2D eigenvalue weighted by Gasteiger charge is 2.23. The first-order valence-corrected chi connectivity index (χ1v) is 8.46. The smallest absolute Gasteiger partial charge is 0.169 e. The molecule has 0 aliphatic heterocycles. The van der Waals surface area contributed by atoms with E-state index in [1.54, 1.807) is 0 Å². The van der Waals surface area contributed by atoms with Crippen LogP contribution in [0.4, 0.5) is 0 Å². The summed E-state index contributed by atoms with van der Waals surface area (Å²) in [6.45, 7) is 6.06. The highest BCUT2D eigenvalue weighted by atomic mass is 79.9. The molecule has 3 heteroatoms. The molecule has 0 amide bonds. The maximum atomic E-state index is 12.8. The zero-order valence-electron chi connectivity index (χ0n) is 13.2. The minimum Gasteiger partial charge on any atom is -0.455 e. The molecule has 2 aromatic carbocycles. The van der Waals surface area contributed by atoms with Gasteiger partial charge in [-0.05, 0) is 52.5 Å². The van der Waals surface area contributed by atoms with E-state index in [2.05, 4.69) is 22.9 Å². The minimum atomic E-state index is -0.0160. The average Bonchev–Trinajstić information content (AvgIpc) is 2.56. The highest BCUT2D eigenvalue weighted by molar-refractivity contribution is 9.10. The van der Waals surface area contributed by atoms with Crippen molar-refractivity contribution in [3.63, 3.8) is 0 Å². The minimum absolute atomic E-state index is 0.0160. The van der Waals surface area contributed by atoms with E-state index in [1.165, 1.54) is 0 Å². The molecule has 0 aliphatic carbocycles. The fraction of sp³-hybridized carbons (Fsp3) is 0.316. The van der Waals surface area contributed by atoms with Crippen molar-refractivity contribution in [2.45, 2.75) is 33.6 Å². The van der Waals surface area contributed by atoms with E-state index >= 15 is 0 Å². The van der Waals surface area contributed by atoms with Crippen molar-refractivity contribution < 1.29 is 9.53 Å². The summed E-state index contributed by atoms with van der Waals surface area (Å²) < 4.78 is 6.84. The van der Waals surface area contributed by atoms with Crippen LogP contribution in [0.25, 0.3) is 0 Å². The first-order chi connectivity index (χ1) is 10.6. The molecule has 0 N–H and O–H groups in total. The number of hydrogen-bond acceptors (Lipinski definition) is 2. The van der Waals surface area contributed by atoms with Crippen molar-refractivity contribution in [3.8, 4) is 11.5 Å². The molecule has 0 spiro atoms. The largest absolute Gasteiger partial charge is 0.455 e. The van der Waals surface area contributed by atoms with Crippen molar-refractivity contribution in [3.05, 3.63) is 58.1 Å². The summed E-state index contributed by atoms with van der Waals surface area (Å²) in [4.78, 5) is 12.8. The van der Waals surface area contributed by atoms with Gasteiger partial charge in [-0.2, -0.15) is 0 Å². The summed E-state index contributed by atoms with van der Waals surface area (Å²) >= 11 is 3.53. The number of ether oxygens (including phenoxy) is 1. The molecule has 0 radical (unpaired) electrons. The van der Waals surface area contributed by atoms with E-state index in [0.29, 0.717) is 11.3 Å². The molecular formula is C19H21BrO2. The first-order valence-electron chi connectivity index (χ1n) is 7.66. The number of carbonyl (C=O) groups is 1. The molecular weight excluding hydrogens is 340 g/mol. The number of aryl methyl sites for hydroxylation is 1. The van der Waals surface area contributed by atoms with Crippen LogP contribution in [0.1, 0.15) is 43.1 Å². The Bertz CT molecular complexity index is 650. The van der Waals surface area contributed by atoms with Crippen molar-refractivity contribution in [1.82, 2.24) is 0 Å². The van der Waals surface area contributed by atoms with Crippen LogP contribution >= 0.6 is 15.9 Å². The van der Waals surface area contributed by atoms with Gasteiger partial charge in [0.2, 0.25) is 0 Å². The van der Waals surface area contributed by atoms with Gasteiger partial charge in [-0.15, -0.1) is 0 Å². The molecule has 2 aromatic rings. The molecule has 0 aliphatic rings. The van der Waals surface area contributed by atoms with E-state index in [1.807, 2.05) is 56.3 Å². The van der Waals surface area contributed by atoms with Gasteiger partial charge in [0.1, 0.15) is 5.75 Å². The Morgan fingerprint density at radius 1 is 1.14 bits per heavy atom. The monoisotopic (exact) mass is 360 g/mol. The van der Waals surface area contributed by atoms with Gasteiger partial charge in [0, 0.05) is 5.92 Å². The van der Waals surface area contributed by atoms with Gasteiger partial charge in [0.05, 0.1) is 10.0 Å². The van der Waals surface area contributed by atoms with Gasteiger partial charge in [0.25, 0.3) is 0 Å². The van der Waals surface area contributed by atoms with Crippen LogP contribution in [-0.4, -0.2) is 5.78 Å². The quantitative estimate of drug-likeness (QED) is 0.587. The van der Waals surface area contributed by atoms with E-state index in [-0.39, 0.29) is 11.7 Å². The molecule has 22 heavy (non-hydrogen) atoms. The lowest BCUT2D eigenvalue weighted by Crippen LogP contribution is -2.14. The molecule has 0 bridgehead atoms. The average molecular weight is 361 g/mol. The Labute approximate surface area is 140 Å². The normalized spacial score (nSPS) is 12.0. The van der Waals surface area contributed by atoms with Crippen LogP contribution in [-0.2, 0) is 6.42 Å². The Balaban J connectivity index is 2.53. The van der Waals surface area contributed by atoms with E-state index in [4.69, 9.17) is 4.74 Å². The fourth-order valence-corrected chi connectivity index (χ4v) is 2.71. The number of benzene rings is 2. The Hall–Kier alpha value is -1.61. The van der Waals surface area contributed by atoms with Gasteiger partial charge in [-0.25, -0.2) is 0 Å². The lowest BCUT2D eigenvalue weighted by atomic mass is 9.92. The second kappa shape index (κ2) is 7.59. The van der Waals surface area contributed by atoms with Gasteiger partial charge in [-0.1, -0.05) is 45.0 Å². The van der Waals surface area contributed by atoms with Crippen LogP contribution in [0.5, 0.6) is 11.5 Å². The predicted molar refractivity (Wildman–Crippen MR) is 93.8 cm³/mol. The summed E-state index contributed by atoms with van der Waals surface area (Å²) in [5, 5.41) is 0. The van der Waals surface area contributed by atoms with E-state index < -0.39 is 0 Å². The van der Waals surface area contributed by atoms with Crippen LogP contribution in [0, 0.1) is 5.92 Å². The van der Waals surface area contributed by atoms with Crippen molar-refractivity contribution >= 4 is 21.7 Å². The molecule has 116 valence electrons. The summed E-state index contributed by atoms with van der Waals surface area (Å²) in [7, 11) is 0. The first kappa shape index (κ1) is 16.8. The summed E-state index contributed by atoms with van der Waals surface area (Å²) in [5.74, 6) is 1.48. The van der Waals surface area contributed by atoms with Crippen LogP contribution in [0.2, 0.25) is 0 Å².